The van der Waals surface area contributed by atoms with E-state index >= 15 is 0 Å². The first kappa shape index (κ1) is 9.15. The molecule has 1 heterocycles. The predicted molar refractivity (Wildman–Crippen MR) is 55.0 cm³/mol. The molecule has 0 aliphatic carbocycles. The molecule has 1 aliphatic rings. The van der Waals surface area contributed by atoms with Crippen LogP contribution in [0.2, 0.25) is 0 Å². The summed E-state index contributed by atoms with van der Waals surface area (Å²) in [6.45, 7) is 1.25. The zero-order valence-electron chi connectivity index (χ0n) is 8.12. The number of ether oxygens (including phenoxy) is 2. The minimum Gasteiger partial charge on any atom is -0.493 e. The fourth-order valence-electron chi connectivity index (χ4n) is 1.50. The average Bonchev–Trinajstić information content (AvgIpc) is 2.27. The molecule has 4 heteroatoms. The molecule has 0 bridgehead atoms. The molecule has 0 spiro atoms. The average molecular weight is 194 g/mol. The summed E-state index contributed by atoms with van der Waals surface area (Å²) in [7, 11) is 1.63. The van der Waals surface area contributed by atoms with Gasteiger partial charge in [-0.25, -0.2) is 0 Å². The van der Waals surface area contributed by atoms with Crippen LogP contribution in [0.3, 0.4) is 0 Å². The van der Waals surface area contributed by atoms with Crippen molar-refractivity contribution >= 4 is 5.69 Å². The maximum absolute atomic E-state index is 5.69. The molecule has 0 aromatic heterocycles. The molecule has 1 aliphatic heterocycles. The van der Waals surface area contributed by atoms with Crippen LogP contribution in [-0.2, 0) is 0 Å². The number of rotatable bonds is 2. The van der Waals surface area contributed by atoms with Gasteiger partial charge in [-0.05, 0) is 12.1 Å². The number of methoxy groups -OCH3 is 1. The molecular formula is C10H14N2O2. The van der Waals surface area contributed by atoms with E-state index in [1.807, 2.05) is 18.2 Å². The first-order valence-corrected chi connectivity index (χ1v) is 4.62. The summed E-state index contributed by atoms with van der Waals surface area (Å²) in [5.74, 6) is 1.50. The first-order chi connectivity index (χ1) is 6.85. The van der Waals surface area contributed by atoms with Crippen molar-refractivity contribution < 1.29 is 9.47 Å². The normalized spacial score (nSPS) is 19.1. The maximum atomic E-state index is 5.69. The summed E-state index contributed by atoms with van der Waals surface area (Å²) in [5.41, 5.74) is 6.51. The van der Waals surface area contributed by atoms with Crippen LogP contribution in [0, 0.1) is 0 Å². The molecule has 0 fully saturated rings. The maximum Gasteiger partial charge on any atom is 0.184 e. The Balaban J connectivity index is 2.33. The van der Waals surface area contributed by atoms with Gasteiger partial charge in [-0.15, -0.1) is 0 Å². The molecule has 4 nitrogen and oxygen atoms in total. The van der Waals surface area contributed by atoms with Crippen LogP contribution in [-0.4, -0.2) is 26.3 Å². The predicted octanol–water partition coefficient (Wildman–Crippen LogP) is 0.827. The number of hydrogen-bond acceptors (Lipinski definition) is 4. The summed E-state index contributed by atoms with van der Waals surface area (Å²) in [4.78, 5) is 0. The Hall–Kier alpha value is -1.42. The third-order valence-corrected chi connectivity index (χ3v) is 2.27. The number of benzene rings is 1. The number of hydrogen-bond donors (Lipinski definition) is 2. The van der Waals surface area contributed by atoms with Gasteiger partial charge in [0.2, 0.25) is 0 Å². The largest absolute Gasteiger partial charge is 0.493 e. The number of anilines is 1. The van der Waals surface area contributed by atoms with E-state index in [2.05, 4.69) is 5.32 Å². The van der Waals surface area contributed by atoms with E-state index in [1.54, 1.807) is 7.11 Å². The second-order valence-electron chi connectivity index (χ2n) is 3.19. The Labute approximate surface area is 83.0 Å². The zero-order chi connectivity index (χ0) is 9.97. The summed E-state index contributed by atoms with van der Waals surface area (Å²) < 4.78 is 10.9. The van der Waals surface area contributed by atoms with Crippen molar-refractivity contribution in [3.05, 3.63) is 18.2 Å². The lowest BCUT2D eigenvalue weighted by molar-refractivity contribution is 0.204. The molecular weight excluding hydrogens is 180 g/mol. The lowest BCUT2D eigenvalue weighted by Crippen LogP contribution is -2.37. The van der Waals surface area contributed by atoms with Gasteiger partial charge in [-0.3, -0.25) is 0 Å². The number of fused-ring (bicyclic) bond motifs is 1. The Morgan fingerprint density at radius 1 is 1.64 bits per heavy atom. The van der Waals surface area contributed by atoms with Crippen LogP contribution in [0.5, 0.6) is 11.5 Å². The summed E-state index contributed by atoms with van der Waals surface area (Å²) in [6.07, 6.45) is 0.0267. The van der Waals surface area contributed by atoms with Crippen molar-refractivity contribution in [2.45, 2.75) is 6.10 Å². The zero-order valence-corrected chi connectivity index (χ0v) is 8.12. The Morgan fingerprint density at radius 3 is 3.21 bits per heavy atom. The van der Waals surface area contributed by atoms with Crippen LogP contribution in [0.1, 0.15) is 0 Å². The van der Waals surface area contributed by atoms with Gasteiger partial charge in [0.25, 0.3) is 0 Å². The molecule has 0 unspecified atom stereocenters. The van der Waals surface area contributed by atoms with Crippen LogP contribution in [0.25, 0.3) is 0 Å². The Bertz CT molecular complexity index is 314. The van der Waals surface area contributed by atoms with Gasteiger partial charge in [-0.1, -0.05) is 6.07 Å². The monoisotopic (exact) mass is 194 g/mol. The van der Waals surface area contributed by atoms with Crippen molar-refractivity contribution in [2.75, 3.05) is 25.5 Å². The van der Waals surface area contributed by atoms with E-state index in [1.165, 1.54) is 0 Å². The molecule has 3 N–H and O–H groups in total. The summed E-state index contributed by atoms with van der Waals surface area (Å²) in [6, 6.07) is 5.76. The molecule has 1 aromatic carbocycles. The van der Waals surface area contributed by atoms with Crippen molar-refractivity contribution in [3.63, 3.8) is 0 Å². The van der Waals surface area contributed by atoms with Gasteiger partial charge in [-0.2, -0.15) is 0 Å². The van der Waals surface area contributed by atoms with Gasteiger partial charge in [0.1, 0.15) is 6.10 Å². The standard InChI is InChI=1S/C10H14N2O2/c1-13-9-4-2-3-8-10(9)14-7(5-11)6-12-8/h2-4,7,12H,5-6,11H2,1H3/t7-/m0/s1. The van der Waals surface area contributed by atoms with Crippen LogP contribution >= 0.6 is 0 Å². The van der Waals surface area contributed by atoms with Gasteiger partial charge in [0.15, 0.2) is 11.5 Å². The Morgan fingerprint density at radius 2 is 2.50 bits per heavy atom. The van der Waals surface area contributed by atoms with E-state index in [0.29, 0.717) is 6.54 Å². The van der Waals surface area contributed by atoms with Crippen molar-refractivity contribution in [1.82, 2.24) is 0 Å². The highest BCUT2D eigenvalue weighted by Gasteiger charge is 2.20. The molecule has 2 rings (SSSR count). The third-order valence-electron chi connectivity index (χ3n) is 2.27. The second kappa shape index (κ2) is 3.75. The number of nitrogens with two attached hydrogens (primary N) is 1. The summed E-state index contributed by atoms with van der Waals surface area (Å²) >= 11 is 0. The molecule has 14 heavy (non-hydrogen) atoms. The van der Waals surface area contributed by atoms with E-state index < -0.39 is 0 Å². The Kier molecular flexibility index (Phi) is 2.45. The molecule has 1 atom stereocenters. The molecule has 1 aromatic rings. The summed E-state index contributed by atoms with van der Waals surface area (Å²) in [5, 5.41) is 3.25. The quantitative estimate of drug-likeness (QED) is 0.732. The van der Waals surface area contributed by atoms with E-state index in [9.17, 15) is 0 Å². The first-order valence-electron chi connectivity index (χ1n) is 4.62. The van der Waals surface area contributed by atoms with E-state index in [4.69, 9.17) is 15.2 Å². The van der Waals surface area contributed by atoms with Crippen LogP contribution < -0.4 is 20.5 Å². The van der Waals surface area contributed by atoms with E-state index in [-0.39, 0.29) is 6.10 Å². The molecule has 0 saturated carbocycles. The highest BCUT2D eigenvalue weighted by atomic mass is 16.5. The van der Waals surface area contributed by atoms with Crippen LogP contribution in [0.15, 0.2) is 18.2 Å². The third kappa shape index (κ3) is 1.48. The number of para-hydroxylation sites is 1. The highest BCUT2D eigenvalue weighted by molar-refractivity contribution is 5.64. The number of nitrogens with one attached hydrogen (secondary N) is 1. The van der Waals surface area contributed by atoms with Gasteiger partial charge >= 0.3 is 0 Å². The van der Waals surface area contributed by atoms with Crippen molar-refractivity contribution in [1.29, 1.82) is 0 Å². The van der Waals surface area contributed by atoms with Crippen molar-refractivity contribution in [2.24, 2.45) is 5.73 Å². The lowest BCUT2D eigenvalue weighted by atomic mass is 10.2. The van der Waals surface area contributed by atoms with E-state index in [0.717, 1.165) is 23.7 Å². The van der Waals surface area contributed by atoms with Gasteiger partial charge in [0.05, 0.1) is 19.3 Å². The van der Waals surface area contributed by atoms with Gasteiger partial charge < -0.3 is 20.5 Å². The van der Waals surface area contributed by atoms with Gasteiger partial charge in [0, 0.05) is 6.54 Å². The molecule has 0 amide bonds. The fraction of sp³-hybridized carbons (Fsp3) is 0.400. The fourth-order valence-corrected chi connectivity index (χ4v) is 1.50. The van der Waals surface area contributed by atoms with Crippen molar-refractivity contribution in [3.8, 4) is 11.5 Å². The SMILES string of the molecule is COc1cccc2c1O[C@@H](CN)CN2. The smallest absolute Gasteiger partial charge is 0.184 e. The molecule has 0 radical (unpaired) electrons. The van der Waals surface area contributed by atoms with Crippen LogP contribution in [0.4, 0.5) is 5.69 Å². The minimum absolute atomic E-state index is 0.0267. The minimum atomic E-state index is 0.0267. The molecule has 0 saturated heterocycles. The second-order valence-corrected chi connectivity index (χ2v) is 3.19. The topological polar surface area (TPSA) is 56.5 Å². The highest BCUT2D eigenvalue weighted by Crippen LogP contribution is 2.37. The molecule has 76 valence electrons. The lowest BCUT2D eigenvalue weighted by Gasteiger charge is -2.27.